The smallest absolute Gasteiger partial charge is 0.399 e. The molecule has 0 saturated heterocycles. The molecule has 4 N–H and O–H groups in total. The van der Waals surface area contributed by atoms with E-state index in [0.717, 1.165) is 0 Å². The zero-order valence-corrected chi connectivity index (χ0v) is 15.1. The molecule has 0 fully saturated rings. The highest BCUT2D eigenvalue weighted by atomic mass is 32.2. The highest BCUT2D eigenvalue weighted by Gasteiger charge is 2.37. The number of nitrogen functional groups attached to an aromatic ring is 1. The summed E-state index contributed by atoms with van der Waals surface area (Å²) in [5.74, 6) is -1.31. The van der Waals surface area contributed by atoms with Crippen LogP contribution in [0.3, 0.4) is 0 Å². The van der Waals surface area contributed by atoms with Gasteiger partial charge < -0.3 is 5.73 Å². The van der Waals surface area contributed by atoms with Crippen LogP contribution in [-0.4, -0.2) is 18.0 Å². The van der Waals surface area contributed by atoms with Crippen LogP contribution in [0.15, 0.2) is 52.2 Å². The molecule has 0 saturated carbocycles. The second-order valence-electron chi connectivity index (χ2n) is 6.11. The minimum atomic E-state index is -4.83. The molecule has 0 bridgehead atoms. The van der Waals surface area contributed by atoms with E-state index in [1.165, 1.54) is 42.5 Å². The Bertz CT molecular complexity index is 1200. The molecule has 28 heavy (non-hydrogen) atoms. The summed E-state index contributed by atoms with van der Waals surface area (Å²) in [6, 6.07) is 9.25. The maximum atomic E-state index is 13.4. The number of benzene rings is 2. The van der Waals surface area contributed by atoms with Crippen LogP contribution in [0.25, 0.3) is 10.9 Å². The predicted molar refractivity (Wildman–Crippen MR) is 96.9 cm³/mol. The van der Waals surface area contributed by atoms with E-state index in [-0.39, 0.29) is 34.5 Å². The van der Waals surface area contributed by atoms with Gasteiger partial charge in [0, 0.05) is 12.2 Å². The number of anilines is 1. The summed E-state index contributed by atoms with van der Waals surface area (Å²) in [6.07, 6.45) is -4.78. The first kappa shape index (κ1) is 19.8. The van der Waals surface area contributed by atoms with Gasteiger partial charge in [0.15, 0.2) is 0 Å². The number of nitrogens with zero attached hydrogens (tertiary/aromatic N) is 2. The molecule has 0 radical (unpaired) electrons. The lowest BCUT2D eigenvalue weighted by atomic mass is 10.1. The number of fused-ring (bicyclic) bond motifs is 1. The van der Waals surface area contributed by atoms with Gasteiger partial charge in [0.1, 0.15) is 0 Å². The van der Waals surface area contributed by atoms with E-state index < -0.39 is 27.6 Å². The second-order valence-corrected chi connectivity index (χ2v) is 7.67. The van der Waals surface area contributed by atoms with E-state index in [0.29, 0.717) is 10.1 Å². The second kappa shape index (κ2) is 6.91. The third-order valence-electron chi connectivity index (χ3n) is 4.11. The van der Waals surface area contributed by atoms with Crippen LogP contribution >= 0.6 is 0 Å². The van der Waals surface area contributed by atoms with Crippen LogP contribution in [0.2, 0.25) is 0 Å². The topological polar surface area (TPSA) is 121 Å². The fraction of sp³-hybridized carbons (Fsp3) is 0.176. The van der Waals surface area contributed by atoms with Gasteiger partial charge in [-0.1, -0.05) is 12.1 Å². The molecule has 0 amide bonds. The summed E-state index contributed by atoms with van der Waals surface area (Å²) in [4.78, 5) is 16.1. The highest BCUT2D eigenvalue weighted by molar-refractivity contribution is 7.89. The van der Waals surface area contributed by atoms with Gasteiger partial charge in [-0.2, -0.15) is 13.2 Å². The number of sulfonamides is 1. The summed E-state index contributed by atoms with van der Waals surface area (Å²) in [7, 11) is -3.87. The molecule has 3 rings (SSSR count). The number of rotatable bonds is 4. The molecule has 0 atom stereocenters. The molecule has 0 unspecified atom stereocenters. The summed E-state index contributed by atoms with van der Waals surface area (Å²) >= 11 is 0. The Morgan fingerprint density at radius 3 is 2.29 bits per heavy atom. The first-order chi connectivity index (χ1) is 13.0. The minimum Gasteiger partial charge on any atom is -0.399 e. The molecule has 7 nitrogen and oxygen atoms in total. The number of hydrogen-bond acceptors (Lipinski definition) is 5. The Morgan fingerprint density at radius 2 is 1.71 bits per heavy atom. The van der Waals surface area contributed by atoms with Crippen molar-refractivity contribution in [2.75, 3.05) is 5.73 Å². The van der Waals surface area contributed by atoms with Gasteiger partial charge in [-0.05, 0) is 42.3 Å². The van der Waals surface area contributed by atoms with Gasteiger partial charge in [0.25, 0.3) is 5.56 Å². The summed E-state index contributed by atoms with van der Waals surface area (Å²) < 4.78 is 63.3. The van der Waals surface area contributed by atoms with Crippen molar-refractivity contribution in [3.8, 4) is 0 Å². The molecule has 1 aromatic heterocycles. The maximum Gasteiger partial charge on any atom is 0.449 e. The van der Waals surface area contributed by atoms with E-state index in [4.69, 9.17) is 10.9 Å². The molecule has 0 spiro atoms. The van der Waals surface area contributed by atoms with Gasteiger partial charge in [0.2, 0.25) is 15.8 Å². The fourth-order valence-electron chi connectivity index (χ4n) is 2.75. The van der Waals surface area contributed by atoms with Crippen LogP contribution < -0.4 is 16.4 Å². The Balaban J connectivity index is 2.02. The summed E-state index contributed by atoms with van der Waals surface area (Å²) in [5, 5.41) is 4.99. The number of primary sulfonamides is 1. The number of nitrogens with two attached hydrogens (primary N) is 2. The van der Waals surface area contributed by atoms with Crippen LogP contribution in [0, 0.1) is 0 Å². The SMILES string of the molecule is Nc1ccc2nc(C(F)(F)F)n(CCc3ccc(S(N)(=O)=O)cc3)c(=O)c2c1. The molecule has 0 aliphatic heterocycles. The Labute approximate surface area is 157 Å². The molecule has 2 aromatic carbocycles. The predicted octanol–water partition coefficient (Wildman–Crippen LogP) is 1.89. The average molecular weight is 412 g/mol. The number of halogens is 3. The highest BCUT2D eigenvalue weighted by Crippen LogP contribution is 2.28. The van der Waals surface area contributed by atoms with E-state index in [9.17, 15) is 26.4 Å². The Morgan fingerprint density at radius 1 is 1.07 bits per heavy atom. The van der Waals surface area contributed by atoms with Crippen LogP contribution in [0.4, 0.5) is 18.9 Å². The van der Waals surface area contributed by atoms with Crippen molar-refractivity contribution in [3.05, 3.63) is 64.2 Å². The lowest BCUT2D eigenvalue weighted by Crippen LogP contribution is -2.30. The third kappa shape index (κ3) is 3.99. The van der Waals surface area contributed by atoms with Crippen LogP contribution in [0.1, 0.15) is 11.4 Å². The first-order valence-corrected chi connectivity index (χ1v) is 9.50. The lowest BCUT2D eigenvalue weighted by Gasteiger charge is -2.15. The molecular weight excluding hydrogens is 397 g/mol. The maximum absolute atomic E-state index is 13.4. The largest absolute Gasteiger partial charge is 0.449 e. The fourth-order valence-corrected chi connectivity index (χ4v) is 3.26. The van der Waals surface area contributed by atoms with Gasteiger partial charge >= 0.3 is 6.18 Å². The number of aryl methyl sites for hydroxylation is 1. The molecule has 3 aromatic rings. The van der Waals surface area contributed by atoms with Crippen molar-refractivity contribution in [2.45, 2.75) is 24.0 Å². The van der Waals surface area contributed by atoms with E-state index >= 15 is 0 Å². The van der Waals surface area contributed by atoms with Crippen molar-refractivity contribution in [3.63, 3.8) is 0 Å². The molecule has 148 valence electrons. The number of aromatic nitrogens is 2. The van der Waals surface area contributed by atoms with Crippen LogP contribution in [-0.2, 0) is 29.2 Å². The van der Waals surface area contributed by atoms with Gasteiger partial charge in [-0.3, -0.25) is 9.36 Å². The molecule has 11 heteroatoms. The number of hydrogen-bond donors (Lipinski definition) is 2. The van der Waals surface area contributed by atoms with E-state index in [1.54, 1.807) is 0 Å². The zero-order valence-electron chi connectivity index (χ0n) is 14.3. The zero-order chi connectivity index (χ0) is 20.7. The van der Waals surface area contributed by atoms with Crippen LogP contribution in [0.5, 0.6) is 0 Å². The standard InChI is InChI=1S/C17H15F3N4O3S/c18-17(19,20)16-23-14-6-3-11(21)9-13(14)15(25)24(16)8-7-10-1-4-12(5-2-10)28(22,26)27/h1-6,9H,7-8,21H2,(H2,22,26,27). The molecule has 0 aliphatic rings. The third-order valence-corrected chi connectivity index (χ3v) is 5.04. The average Bonchev–Trinajstić information content (AvgIpc) is 2.60. The molecular formula is C17H15F3N4O3S. The van der Waals surface area contributed by atoms with Gasteiger partial charge in [-0.15, -0.1) is 0 Å². The van der Waals surface area contributed by atoms with Crippen molar-refractivity contribution in [2.24, 2.45) is 5.14 Å². The van der Waals surface area contributed by atoms with Crippen molar-refractivity contribution in [1.29, 1.82) is 0 Å². The quantitative estimate of drug-likeness (QED) is 0.634. The van der Waals surface area contributed by atoms with Crippen molar-refractivity contribution in [1.82, 2.24) is 9.55 Å². The van der Waals surface area contributed by atoms with Gasteiger partial charge in [0.05, 0.1) is 15.8 Å². The minimum absolute atomic E-state index is 0.0161. The van der Waals surface area contributed by atoms with Crippen molar-refractivity contribution < 1.29 is 21.6 Å². The monoisotopic (exact) mass is 412 g/mol. The summed E-state index contributed by atoms with van der Waals surface area (Å²) in [5.41, 5.74) is 5.43. The molecule has 1 heterocycles. The Hall–Kier alpha value is -2.92. The van der Waals surface area contributed by atoms with E-state index in [1.807, 2.05) is 0 Å². The lowest BCUT2D eigenvalue weighted by molar-refractivity contribution is -0.148. The number of alkyl halides is 3. The first-order valence-electron chi connectivity index (χ1n) is 7.96. The Kier molecular flexibility index (Phi) is 4.90. The summed E-state index contributed by atoms with van der Waals surface area (Å²) in [6.45, 7) is -0.305. The molecule has 0 aliphatic carbocycles. The normalized spacial score (nSPS) is 12.4. The van der Waals surface area contributed by atoms with Gasteiger partial charge in [-0.25, -0.2) is 18.5 Å². The van der Waals surface area contributed by atoms with Crippen molar-refractivity contribution >= 4 is 26.6 Å². The van der Waals surface area contributed by atoms with E-state index in [2.05, 4.69) is 4.98 Å².